The first-order valence-electron chi connectivity index (χ1n) is 8.89. The molecule has 3 aromatic rings. The molecule has 0 saturated carbocycles. The van der Waals surface area contributed by atoms with Crippen LogP contribution in [0.5, 0.6) is 0 Å². The minimum atomic E-state index is -0.166. The number of aryl methyl sites for hydroxylation is 2. The van der Waals surface area contributed by atoms with Crippen molar-refractivity contribution in [2.75, 3.05) is 6.54 Å². The summed E-state index contributed by atoms with van der Waals surface area (Å²) in [7, 11) is 0. The largest absolute Gasteiger partial charge is 0.332 e. The van der Waals surface area contributed by atoms with Crippen molar-refractivity contribution in [3.63, 3.8) is 0 Å². The van der Waals surface area contributed by atoms with Gasteiger partial charge < -0.3 is 4.90 Å². The monoisotopic (exact) mass is 354 g/mol. The van der Waals surface area contributed by atoms with Gasteiger partial charge in [0.15, 0.2) is 5.65 Å². The predicted molar refractivity (Wildman–Crippen MR) is 95.8 cm³/mol. The summed E-state index contributed by atoms with van der Waals surface area (Å²) < 4.78 is 3.09. The lowest BCUT2D eigenvalue weighted by Gasteiger charge is -2.35. The van der Waals surface area contributed by atoms with E-state index < -0.39 is 0 Å². The van der Waals surface area contributed by atoms with Crippen LogP contribution in [0.4, 0.5) is 0 Å². The highest BCUT2D eigenvalue weighted by molar-refractivity contribution is 5.76. The lowest BCUT2D eigenvalue weighted by Crippen LogP contribution is -2.41. The molecule has 4 heterocycles. The fourth-order valence-corrected chi connectivity index (χ4v) is 3.62. The zero-order valence-electron chi connectivity index (χ0n) is 15.0. The van der Waals surface area contributed by atoms with E-state index in [4.69, 9.17) is 0 Å². The fourth-order valence-electron chi connectivity index (χ4n) is 3.62. The van der Waals surface area contributed by atoms with Gasteiger partial charge in [-0.1, -0.05) is 0 Å². The second-order valence-corrected chi connectivity index (χ2v) is 6.97. The van der Waals surface area contributed by atoms with E-state index in [-0.39, 0.29) is 24.1 Å². The molecule has 3 aromatic heterocycles. The van der Waals surface area contributed by atoms with Crippen LogP contribution in [0.1, 0.15) is 42.3 Å². The number of rotatable bonds is 3. The van der Waals surface area contributed by atoms with Crippen molar-refractivity contribution in [3.8, 4) is 0 Å². The fraction of sp³-hybridized carbons (Fsp3) is 0.444. The molecule has 1 unspecified atom stereocenters. The molecular weight excluding hydrogens is 332 g/mol. The maximum absolute atomic E-state index is 12.9. The first-order chi connectivity index (χ1) is 12.5. The number of hydrogen-bond donors (Lipinski definition) is 1. The Hall–Kier alpha value is -2.90. The summed E-state index contributed by atoms with van der Waals surface area (Å²) in [5, 5.41) is 7.18. The number of amides is 1. The minimum absolute atomic E-state index is 0.00467. The quantitative estimate of drug-likeness (QED) is 0.774. The summed E-state index contributed by atoms with van der Waals surface area (Å²) in [6.45, 7) is 4.71. The summed E-state index contributed by atoms with van der Waals surface area (Å²) in [4.78, 5) is 31.7. The molecule has 0 aromatic carbocycles. The Balaban J connectivity index is 1.64. The van der Waals surface area contributed by atoms with Crippen molar-refractivity contribution < 1.29 is 4.79 Å². The molecule has 0 spiro atoms. The highest BCUT2D eigenvalue weighted by Gasteiger charge is 2.29. The molecule has 1 fully saturated rings. The Morgan fingerprint density at radius 2 is 2.15 bits per heavy atom. The molecule has 1 amide bonds. The predicted octanol–water partition coefficient (Wildman–Crippen LogP) is 1.59. The SMILES string of the molecule is Cc1cnn(CC(=O)N2CCCCC2c2cc(=O)n3[nH]c(C)cc3n2)c1. The van der Waals surface area contributed by atoms with Gasteiger partial charge in [-0.15, -0.1) is 0 Å². The molecular formula is C18H22N6O2. The molecule has 1 N–H and O–H groups in total. The van der Waals surface area contributed by atoms with Gasteiger partial charge in [-0.05, 0) is 38.7 Å². The van der Waals surface area contributed by atoms with Gasteiger partial charge in [0.1, 0.15) is 6.54 Å². The number of hydrogen-bond acceptors (Lipinski definition) is 4. The molecule has 0 bridgehead atoms. The average molecular weight is 354 g/mol. The van der Waals surface area contributed by atoms with Crippen molar-refractivity contribution in [2.45, 2.75) is 45.7 Å². The molecule has 1 aliphatic heterocycles. The molecule has 8 heteroatoms. The summed E-state index contributed by atoms with van der Waals surface area (Å²) >= 11 is 0. The van der Waals surface area contributed by atoms with Crippen LogP contribution in [0.25, 0.3) is 5.65 Å². The smallest absolute Gasteiger partial charge is 0.272 e. The van der Waals surface area contributed by atoms with Gasteiger partial charge in [-0.2, -0.15) is 5.10 Å². The van der Waals surface area contributed by atoms with E-state index in [0.29, 0.717) is 17.9 Å². The molecule has 1 aliphatic rings. The molecule has 1 saturated heterocycles. The summed E-state index contributed by atoms with van der Waals surface area (Å²) in [6.07, 6.45) is 6.39. The Morgan fingerprint density at radius 3 is 2.92 bits per heavy atom. The number of H-pyrrole nitrogens is 1. The third-order valence-electron chi connectivity index (χ3n) is 4.82. The number of aromatic amines is 1. The Bertz CT molecular complexity index is 1010. The molecule has 4 rings (SSSR count). The van der Waals surface area contributed by atoms with Gasteiger partial charge in [-0.25, -0.2) is 9.50 Å². The van der Waals surface area contributed by atoms with E-state index in [9.17, 15) is 9.59 Å². The van der Waals surface area contributed by atoms with Gasteiger partial charge in [0.2, 0.25) is 5.91 Å². The zero-order valence-corrected chi connectivity index (χ0v) is 15.0. The summed E-state index contributed by atoms with van der Waals surface area (Å²) in [5.41, 5.74) is 3.00. The number of piperidine rings is 1. The standard InChI is InChI=1S/C18H22N6O2/c1-12-9-19-22(10-12)11-18(26)23-6-4-3-5-15(23)14-8-17(25)24-16(20-14)7-13(2)21-24/h7-10,15,21H,3-6,11H2,1-2H3. The van der Waals surface area contributed by atoms with Crippen molar-refractivity contribution in [1.82, 2.24) is 29.3 Å². The van der Waals surface area contributed by atoms with E-state index >= 15 is 0 Å². The van der Waals surface area contributed by atoms with Crippen LogP contribution in [-0.4, -0.2) is 41.7 Å². The number of likely N-dealkylation sites (tertiary alicyclic amines) is 1. The second kappa shape index (κ2) is 6.44. The van der Waals surface area contributed by atoms with Gasteiger partial charge in [0.05, 0.1) is 17.9 Å². The Kier molecular flexibility index (Phi) is 4.10. The van der Waals surface area contributed by atoms with Crippen LogP contribution in [0, 0.1) is 13.8 Å². The third kappa shape index (κ3) is 3.02. The van der Waals surface area contributed by atoms with Gasteiger partial charge in [0.25, 0.3) is 5.56 Å². The van der Waals surface area contributed by atoms with E-state index in [1.807, 2.05) is 31.0 Å². The summed E-state index contributed by atoms with van der Waals surface area (Å²) in [6, 6.07) is 3.21. The van der Waals surface area contributed by atoms with Gasteiger partial charge in [-0.3, -0.25) is 19.4 Å². The first-order valence-corrected chi connectivity index (χ1v) is 8.89. The van der Waals surface area contributed by atoms with E-state index in [1.54, 1.807) is 10.9 Å². The lowest BCUT2D eigenvalue weighted by molar-refractivity contribution is -0.136. The van der Waals surface area contributed by atoms with Crippen molar-refractivity contribution in [2.24, 2.45) is 0 Å². The van der Waals surface area contributed by atoms with E-state index in [1.165, 1.54) is 10.6 Å². The molecule has 0 radical (unpaired) electrons. The lowest BCUT2D eigenvalue weighted by atomic mass is 9.99. The van der Waals surface area contributed by atoms with E-state index in [2.05, 4.69) is 15.2 Å². The maximum Gasteiger partial charge on any atom is 0.272 e. The minimum Gasteiger partial charge on any atom is -0.332 e. The van der Waals surface area contributed by atoms with Crippen molar-refractivity contribution in [1.29, 1.82) is 0 Å². The van der Waals surface area contributed by atoms with Crippen LogP contribution in [0.15, 0.2) is 29.3 Å². The second-order valence-electron chi connectivity index (χ2n) is 6.97. The highest BCUT2D eigenvalue weighted by atomic mass is 16.2. The van der Waals surface area contributed by atoms with Crippen LogP contribution in [0.2, 0.25) is 0 Å². The number of fused-ring (bicyclic) bond motifs is 1. The molecule has 1 atom stereocenters. The number of nitrogens with zero attached hydrogens (tertiary/aromatic N) is 5. The number of aromatic nitrogens is 5. The maximum atomic E-state index is 12.9. The van der Waals surface area contributed by atoms with Crippen LogP contribution in [0.3, 0.4) is 0 Å². The number of carbonyl (C=O) groups excluding carboxylic acids is 1. The molecule has 0 aliphatic carbocycles. The third-order valence-corrected chi connectivity index (χ3v) is 4.82. The van der Waals surface area contributed by atoms with Crippen molar-refractivity contribution >= 4 is 11.6 Å². The molecule has 26 heavy (non-hydrogen) atoms. The number of carbonyl (C=O) groups is 1. The normalized spacial score (nSPS) is 17.8. The topological polar surface area (TPSA) is 88.3 Å². The van der Waals surface area contributed by atoms with Crippen LogP contribution >= 0.6 is 0 Å². The van der Waals surface area contributed by atoms with Crippen LogP contribution in [-0.2, 0) is 11.3 Å². The zero-order chi connectivity index (χ0) is 18.3. The number of nitrogens with one attached hydrogen (secondary N) is 1. The molecule has 8 nitrogen and oxygen atoms in total. The van der Waals surface area contributed by atoms with Crippen molar-refractivity contribution in [3.05, 3.63) is 51.8 Å². The molecule has 136 valence electrons. The summed E-state index contributed by atoms with van der Waals surface area (Å²) in [5.74, 6) is 0.00467. The first kappa shape index (κ1) is 16.6. The van der Waals surface area contributed by atoms with Crippen LogP contribution < -0.4 is 5.56 Å². The highest BCUT2D eigenvalue weighted by Crippen LogP contribution is 2.29. The van der Waals surface area contributed by atoms with E-state index in [0.717, 1.165) is 30.5 Å². The van der Waals surface area contributed by atoms with Gasteiger partial charge in [0, 0.05) is 30.6 Å². The van der Waals surface area contributed by atoms with Gasteiger partial charge >= 0.3 is 0 Å². The Labute approximate surface area is 150 Å². The Morgan fingerprint density at radius 1 is 1.31 bits per heavy atom. The average Bonchev–Trinajstić information content (AvgIpc) is 3.19.